The minimum absolute atomic E-state index is 0.0575. The van der Waals surface area contributed by atoms with Gasteiger partial charge in [-0.25, -0.2) is 9.97 Å². The van der Waals surface area contributed by atoms with Crippen molar-refractivity contribution in [2.45, 2.75) is 19.8 Å². The quantitative estimate of drug-likeness (QED) is 0.467. The number of hydrogen-bond acceptors (Lipinski definition) is 7. The van der Waals surface area contributed by atoms with Crippen LogP contribution in [0.15, 0.2) is 54.9 Å². The van der Waals surface area contributed by atoms with Crippen molar-refractivity contribution in [3.63, 3.8) is 0 Å². The molecule has 9 heteroatoms. The molecule has 0 atom stereocenters. The number of nitro benzene ring substituents is 1. The van der Waals surface area contributed by atoms with Crippen LogP contribution < -0.4 is 15.0 Å². The Morgan fingerprint density at radius 3 is 2.55 bits per heavy atom. The maximum atomic E-state index is 12.8. The monoisotopic (exact) mass is 419 g/mol. The second-order valence-electron chi connectivity index (χ2n) is 7.22. The number of aryl methyl sites for hydroxylation is 1. The Balaban J connectivity index is 1.51. The van der Waals surface area contributed by atoms with E-state index in [9.17, 15) is 14.9 Å². The number of nitrogens with one attached hydrogen (secondary N) is 1. The minimum Gasteiger partial charge on any atom is -0.424 e. The Labute approximate surface area is 178 Å². The van der Waals surface area contributed by atoms with Crippen LogP contribution in [0.1, 0.15) is 28.8 Å². The first-order valence-corrected chi connectivity index (χ1v) is 9.91. The number of nitro groups is 1. The molecule has 1 amide bonds. The number of carbonyl (C=O) groups excluding carboxylic acids is 1. The van der Waals surface area contributed by atoms with Gasteiger partial charge >= 0.3 is 6.01 Å². The van der Waals surface area contributed by atoms with E-state index in [0.29, 0.717) is 17.1 Å². The van der Waals surface area contributed by atoms with Gasteiger partial charge in [0.2, 0.25) is 0 Å². The molecule has 31 heavy (non-hydrogen) atoms. The Hall–Kier alpha value is -4.01. The minimum atomic E-state index is -0.437. The van der Waals surface area contributed by atoms with E-state index >= 15 is 0 Å². The SMILES string of the molecule is Cc1cc(Oc2ncccn2)ccc1NC(=O)c1ccc(N2CCCC2)c([N+](=O)[O-])c1. The van der Waals surface area contributed by atoms with E-state index in [4.69, 9.17) is 4.74 Å². The molecule has 0 bridgehead atoms. The Morgan fingerprint density at radius 1 is 1.13 bits per heavy atom. The molecule has 0 spiro atoms. The van der Waals surface area contributed by atoms with E-state index in [0.717, 1.165) is 31.5 Å². The summed E-state index contributed by atoms with van der Waals surface area (Å²) in [6, 6.07) is 11.7. The molecule has 0 aliphatic carbocycles. The van der Waals surface area contributed by atoms with Crippen LogP contribution in [0.4, 0.5) is 17.1 Å². The topological polar surface area (TPSA) is 110 Å². The third-order valence-corrected chi connectivity index (χ3v) is 5.08. The Bertz CT molecular complexity index is 1110. The van der Waals surface area contributed by atoms with Crippen LogP contribution >= 0.6 is 0 Å². The number of rotatable bonds is 6. The highest BCUT2D eigenvalue weighted by molar-refractivity contribution is 6.05. The third-order valence-electron chi connectivity index (χ3n) is 5.08. The van der Waals surface area contributed by atoms with Crippen LogP contribution in [-0.2, 0) is 0 Å². The second-order valence-corrected chi connectivity index (χ2v) is 7.22. The smallest absolute Gasteiger partial charge is 0.321 e. The lowest BCUT2D eigenvalue weighted by molar-refractivity contribution is -0.384. The van der Waals surface area contributed by atoms with Crippen LogP contribution in [0.3, 0.4) is 0 Å². The highest BCUT2D eigenvalue weighted by atomic mass is 16.6. The van der Waals surface area contributed by atoms with E-state index < -0.39 is 10.8 Å². The highest BCUT2D eigenvalue weighted by Gasteiger charge is 2.24. The summed E-state index contributed by atoms with van der Waals surface area (Å²) in [5, 5.41) is 14.4. The van der Waals surface area contributed by atoms with Gasteiger partial charge < -0.3 is 15.0 Å². The highest BCUT2D eigenvalue weighted by Crippen LogP contribution is 2.32. The number of nitrogens with zero attached hydrogens (tertiary/aromatic N) is 4. The molecule has 158 valence electrons. The van der Waals surface area contributed by atoms with Crippen LogP contribution in [-0.4, -0.2) is 33.9 Å². The number of amides is 1. The average Bonchev–Trinajstić information content (AvgIpc) is 3.30. The summed E-state index contributed by atoms with van der Waals surface area (Å²) in [7, 11) is 0. The predicted molar refractivity (Wildman–Crippen MR) is 116 cm³/mol. The molecular formula is C22H21N5O4. The van der Waals surface area contributed by atoms with Crippen molar-refractivity contribution >= 4 is 23.0 Å². The number of carbonyl (C=O) groups is 1. The Kier molecular flexibility index (Phi) is 5.74. The number of anilines is 2. The summed E-state index contributed by atoms with van der Waals surface area (Å²) in [4.78, 5) is 33.9. The molecule has 0 unspecified atom stereocenters. The summed E-state index contributed by atoms with van der Waals surface area (Å²) >= 11 is 0. The number of ether oxygens (including phenoxy) is 1. The van der Waals surface area contributed by atoms with Gasteiger partial charge in [0.15, 0.2) is 0 Å². The van der Waals surface area contributed by atoms with Crippen LogP contribution in [0.5, 0.6) is 11.8 Å². The van der Waals surface area contributed by atoms with Crippen LogP contribution in [0.2, 0.25) is 0 Å². The first-order valence-electron chi connectivity index (χ1n) is 9.91. The molecule has 4 rings (SSSR count). The van der Waals surface area contributed by atoms with E-state index in [1.165, 1.54) is 6.07 Å². The molecule has 1 fully saturated rings. The van der Waals surface area contributed by atoms with Gasteiger partial charge in [-0.1, -0.05) is 0 Å². The maximum Gasteiger partial charge on any atom is 0.321 e. The van der Waals surface area contributed by atoms with Crippen LogP contribution in [0, 0.1) is 17.0 Å². The van der Waals surface area contributed by atoms with Crippen molar-refractivity contribution in [3.8, 4) is 11.8 Å². The molecule has 9 nitrogen and oxygen atoms in total. The fourth-order valence-electron chi connectivity index (χ4n) is 3.51. The van der Waals surface area contributed by atoms with Gasteiger partial charge in [0.05, 0.1) is 4.92 Å². The molecule has 1 aromatic heterocycles. The van der Waals surface area contributed by atoms with Crippen molar-refractivity contribution in [2.24, 2.45) is 0 Å². The van der Waals surface area contributed by atoms with Gasteiger partial charge in [-0.2, -0.15) is 0 Å². The van der Waals surface area contributed by atoms with E-state index in [1.807, 2.05) is 11.8 Å². The molecule has 1 aliphatic rings. The fraction of sp³-hybridized carbons (Fsp3) is 0.227. The van der Waals surface area contributed by atoms with E-state index in [-0.39, 0.29) is 17.3 Å². The summed E-state index contributed by atoms with van der Waals surface area (Å²) in [5.41, 5.74) is 2.08. The lowest BCUT2D eigenvalue weighted by atomic mass is 10.1. The summed E-state index contributed by atoms with van der Waals surface area (Å²) in [5.74, 6) is 0.117. The zero-order valence-corrected chi connectivity index (χ0v) is 16.9. The van der Waals surface area contributed by atoms with Gasteiger partial charge in [-0.3, -0.25) is 14.9 Å². The van der Waals surface area contributed by atoms with Gasteiger partial charge in [-0.05, 0) is 61.7 Å². The summed E-state index contributed by atoms with van der Waals surface area (Å²) < 4.78 is 5.59. The van der Waals surface area contributed by atoms with E-state index in [2.05, 4.69) is 15.3 Å². The third kappa shape index (κ3) is 4.61. The summed E-state index contributed by atoms with van der Waals surface area (Å²) in [6.45, 7) is 3.40. The predicted octanol–water partition coefficient (Wildman–Crippen LogP) is 4.34. The molecule has 3 aromatic rings. The average molecular weight is 419 g/mol. The van der Waals surface area contributed by atoms with Crippen molar-refractivity contribution in [1.82, 2.24) is 9.97 Å². The normalized spacial score (nSPS) is 13.1. The zero-order chi connectivity index (χ0) is 21.8. The van der Waals surface area contributed by atoms with Gasteiger partial charge in [0.1, 0.15) is 11.4 Å². The molecule has 1 N–H and O–H groups in total. The standard InChI is InChI=1S/C22H21N5O4/c1-15-13-17(31-22-23-9-4-10-24-22)6-7-18(15)25-21(28)16-5-8-19(20(14-16)27(29)30)26-11-2-3-12-26/h4-10,13-14H,2-3,11-12H2,1H3,(H,25,28). The lowest BCUT2D eigenvalue weighted by Crippen LogP contribution is -2.20. The molecule has 2 aromatic carbocycles. The summed E-state index contributed by atoms with van der Waals surface area (Å²) in [6.07, 6.45) is 5.18. The maximum absolute atomic E-state index is 12.8. The van der Waals surface area contributed by atoms with Crippen molar-refractivity contribution < 1.29 is 14.5 Å². The van der Waals surface area contributed by atoms with Crippen molar-refractivity contribution in [3.05, 3.63) is 76.1 Å². The second kappa shape index (κ2) is 8.78. The number of benzene rings is 2. The van der Waals surface area contributed by atoms with Gasteiger partial charge in [0.25, 0.3) is 11.6 Å². The van der Waals surface area contributed by atoms with Gasteiger partial charge in [-0.15, -0.1) is 0 Å². The molecule has 2 heterocycles. The number of hydrogen-bond donors (Lipinski definition) is 1. The lowest BCUT2D eigenvalue weighted by Gasteiger charge is -2.18. The van der Waals surface area contributed by atoms with Crippen LogP contribution in [0.25, 0.3) is 0 Å². The number of aromatic nitrogens is 2. The molecule has 1 saturated heterocycles. The van der Waals surface area contributed by atoms with Crippen molar-refractivity contribution in [2.75, 3.05) is 23.3 Å². The molecule has 1 aliphatic heterocycles. The first-order chi connectivity index (χ1) is 15.0. The Morgan fingerprint density at radius 2 is 1.87 bits per heavy atom. The molecule has 0 saturated carbocycles. The van der Waals surface area contributed by atoms with E-state index in [1.54, 1.807) is 48.8 Å². The molecule has 0 radical (unpaired) electrons. The first kappa shape index (κ1) is 20.3. The zero-order valence-electron chi connectivity index (χ0n) is 16.9. The van der Waals surface area contributed by atoms with Gasteiger partial charge in [0, 0.05) is 42.8 Å². The van der Waals surface area contributed by atoms with Crippen molar-refractivity contribution in [1.29, 1.82) is 0 Å². The fourth-order valence-corrected chi connectivity index (χ4v) is 3.51. The largest absolute Gasteiger partial charge is 0.424 e. The molecular weight excluding hydrogens is 398 g/mol.